The SMILES string of the molecule is CC(C)C[C@@H](CCS(C)(=O)=O)C(=O)C(C)C. The molecule has 0 aromatic carbocycles. The van der Waals surface area contributed by atoms with Gasteiger partial charge in [-0.2, -0.15) is 0 Å². The van der Waals surface area contributed by atoms with Crippen molar-refractivity contribution in [3.8, 4) is 0 Å². The zero-order chi connectivity index (χ0) is 12.9. The number of hydrogen-bond donors (Lipinski definition) is 0. The van der Waals surface area contributed by atoms with Crippen molar-refractivity contribution in [1.29, 1.82) is 0 Å². The standard InChI is InChI=1S/C12H24O3S/c1-9(2)8-11(12(13)10(3)4)6-7-16(5,14)15/h9-11H,6-8H2,1-5H3/t11-/m1/s1. The molecule has 0 bridgehead atoms. The molecule has 0 aliphatic carbocycles. The third kappa shape index (κ3) is 6.99. The summed E-state index contributed by atoms with van der Waals surface area (Å²) in [7, 11) is -2.97. The normalized spacial score (nSPS) is 14.4. The van der Waals surface area contributed by atoms with E-state index < -0.39 is 9.84 Å². The van der Waals surface area contributed by atoms with Crippen LogP contribution in [0.25, 0.3) is 0 Å². The second-order valence-electron chi connectivity index (χ2n) is 5.30. The maximum atomic E-state index is 11.9. The van der Waals surface area contributed by atoms with E-state index in [4.69, 9.17) is 0 Å². The minimum absolute atomic E-state index is 0.0108. The van der Waals surface area contributed by atoms with E-state index >= 15 is 0 Å². The van der Waals surface area contributed by atoms with Crippen LogP contribution in [-0.4, -0.2) is 26.2 Å². The van der Waals surface area contributed by atoms with Gasteiger partial charge in [0.15, 0.2) is 0 Å². The Labute approximate surface area is 99.5 Å². The molecule has 16 heavy (non-hydrogen) atoms. The molecule has 0 rings (SSSR count). The van der Waals surface area contributed by atoms with E-state index in [1.807, 2.05) is 13.8 Å². The summed E-state index contributed by atoms with van der Waals surface area (Å²) in [5, 5.41) is 0. The Morgan fingerprint density at radius 2 is 1.62 bits per heavy atom. The topological polar surface area (TPSA) is 51.2 Å². The minimum atomic E-state index is -2.97. The van der Waals surface area contributed by atoms with Gasteiger partial charge in [0, 0.05) is 18.1 Å². The number of ketones is 1. The van der Waals surface area contributed by atoms with Gasteiger partial charge in [0.1, 0.15) is 15.6 Å². The lowest BCUT2D eigenvalue weighted by Crippen LogP contribution is -2.24. The first-order valence-corrected chi connectivity index (χ1v) is 7.91. The number of Topliss-reactive ketones (excluding diaryl/α,β-unsaturated/α-hetero) is 1. The molecule has 0 radical (unpaired) electrons. The summed E-state index contributed by atoms with van der Waals surface area (Å²) in [5.74, 6) is 0.616. The molecule has 0 unspecified atom stereocenters. The largest absolute Gasteiger partial charge is 0.299 e. The number of rotatable bonds is 7. The lowest BCUT2D eigenvalue weighted by molar-refractivity contribution is -0.126. The van der Waals surface area contributed by atoms with Crippen molar-refractivity contribution in [2.45, 2.75) is 40.5 Å². The van der Waals surface area contributed by atoms with Crippen molar-refractivity contribution >= 4 is 15.6 Å². The van der Waals surface area contributed by atoms with E-state index in [0.29, 0.717) is 12.3 Å². The number of carbonyl (C=O) groups is 1. The first-order chi connectivity index (χ1) is 7.13. The fraction of sp³-hybridized carbons (Fsp3) is 0.917. The predicted octanol–water partition coefficient (Wildman–Crippen LogP) is 2.31. The van der Waals surface area contributed by atoms with Crippen LogP contribution in [0.5, 0.6) is 0 Å². The lowest BCUT2D eigenvalue weighted by Gasteiger charge is -2.19. The fourth-order valence-corrected chi connectivity index (χ4v) is 2.49. The Morgan fingerprint density at radius 3 is 1.94 bits per heavy atom. The van der Waals surface area contributed by atoms with Gasteiger partial charge in [0.2, 0.25) is 0 Å². The average molecular weight is 248 g/mol. The average Bonchev–Trinajstić information content (AvgIpc) is 2.08. The summed E-state index contributed by atoms with van der Waals surface area (Å²) in [6.45, 7) is 7.86. The highest BCUT2D eigenvalue weighted by Gasteiger charge is 2.23. The van der Waals surface area contributed by atoms with Gasteiger partial charge in [0.25, 0.3) is 0 Å². The summed E-state index contributed by atoms with van der Waals surface area (Å²) in [5.41, 5.74) is 0. The molecule has 0 saturated carbocycles. The molecule has 0 saturated heterocycles. The monoisotopic (exact) mass is 248 g/mol. The fourth-order valence-electron chi connectivity index (χ4n) is 1.77. The first kappa shape index (κ1) is 15.6. The molecule has 4 heteroatoms. The summed E-state index contributed by atoms with van der Waals surface area (Å²) in [6, 6.07) is 0. The van der Waals surface area contributed by atoms with Crippen molar-refractivity contribution in [1.82, 2.24) is 0 Å². The van der Waals surface area contributed by atoms with E-state index in [1.165, 1.54) is 6.26 Å². The van der Waals surface area contributed by atoms with Gasteiger partial charge in [-0.05, 0) is 18.8 Å². The summed E-state index contributed by atoms with van der Waals surface area (Å²) in [4.78, 5) is 11.9. The third-order valence-electron chi connectivity index (χ3n) is 2.56. The van der Waals surface area contributed by atoms with Crippen LogP contribution in [-0.2, 0) is 14.6 Å². The van der Waals surface area contributed by atoms with Gasteiger partial charge in [-0.25, -0.2) is 8.42 Å². The first-order valence-electron chi connectivity index (χ1n) is 5.85. The molecule has 0 aromatic heterocycles. The maximum absolute atomic E-state index is 11.9. The molecule has 0 aliphatic rings. The molecule has 0 aromatic rings. The number of hydrogen-bond acceptors (Lipinski definition) is 3. The molecule has 0 fully saturated rings. The Bertz CT molecular complexity index is 315. The minimum Gasteiger partial charge on any atom is -0.299 e. The van der Waals surface area contributed by atoms with E-state index in [-0.39, 0.29) is 23.4 Å². The maximum Gasteiger partial charge on any atom is 0.147 e. The van der Waals surface area contributed by atoms with Gasteiger partial charge in [-0.3, -0.25) is 4.79 Å². The second-order valence-corrected chi connectivity index (χ2v) is 7.56. The quantitative estimate of drug-likeness (QED) is 0.694. The molecule has 0 aliphatic heterocycles. The van der Waals surface area contributed by atoms with Gasteiger partial charge in [-0.1, -0.05) is 27.7 Å². The molecule has 0 spiro atoms. The lowest BCUT2D eigenvalue weighted by atomic mass is 9.86. The highest BCUT2D eigenvalue weighted by Crippen LogP contribution is 2.20. The molecule has 3 nitrogen and oxygen atoms in total. The van der Waals surface area contributed by atoms with E-state index in [0.717, 1.165) is 6.42 Å². The van der Waals surface area contributed by atoms with Crippen LogP contribution >= 0.6 is 0 Å². The van der Waals surface area contributed by atoms with Crippen LogP contribution < -0.4 is 0 Å². The molecule has 0 amide bonds. The van der Waals surface area contributed by atoms with Crippen molar-refractivity contribution in [3.05, 3.63) is 0 Å². The molecule has 96 valence electrons. The van der Waals surface area contributed by atoms with Crippen LogP contribution in [0, 0.1) is 17.8 Å². The molecular formula is C12H24O3S. The van der Waals surface area contributed by atoms with Crippen LogP contribution in [0.2, 0.25) is 0 Å². The second kappa shape index (κ2) is 6.38. The van der Waals surface area contributed by atoms with Crippen LogP contribution in [0.1, 0.15) is 40.5 Å². The third-order valence-corrected chi connectivity index (χ3v) is 3.54. The summed E-state index contributed by atoms with van der Waals surface area (Å²) >= 11 is 0. The highest BCUT2D eigenvalue weighted by atomic mass is 32.2. The van der Waals surface area contributed by atoms with Gasteiger partial charge >= 0.3 is 0 Å². The van der Waals surface area contributed by atoms with Crippen LogP contribution in [0.4, 0.5) is 0 Å². The zero-order valence-corrected chi connectivity index (χ0v) is 11.8. The predicted molar refractivity (Wildman–Crippen MR) is 67.1 cm³/mol. The van der Waals surface area contributed by atoms with Crippen LogP contribution in [0.15, 0.2) is 0 Å². The van der Waals surface area contributed by atoms with Crippen molar-refractivity contribution in [3.63, 3.8) is 0 Å². The number of carbonyl (C=O) groups excluding carboxylic acids is 1. The van der Waals surface area contributed by atoms with Crippen molar-refractivity contribution in [2.24, 2.45) is 17.8 Å². The van der Waals surface area contributed by atoms with Gasteiger partial charge in [-0.15, -0.1) is 0 Å². The zero-order valence-electron chi connectivity index (χ0n) is 11.0. The summed E-state index contributed by atoms with van der Waals surface area (Å²) < 4.78 is 22.2. The Balaban J connectivity index is 4.50. The number of sulfone groups is 1. The smallest absolute Gasteiger partial charge is 0.147 e. The van der Waals surface area contributed by atoms with Crippen molar-refractivity contribution < 1.29 is 13.2 Å². The van der Waals surface area contributed by atoms with E-state index in [9.17, 15) is 13.2 Å². The molecule has 1 atom stereocenters. The Hall–Kier alpha value is -0.380. The van der Waals surface area contributed by atoms with Crippen LogP contribution in [0.3, 0.4) is 0 Å². The summed E-state index contributed by atoms with van der Waals surface area (Å²) in [6.07, 6.45) is 2.47. The van der Waals surface area contributed by atoms with Gasteiger partial charge in [0.05, 0.1) is 5.75 Å². The molecule has 0 N–H and O–H groups in total. The Kier molecular flexibility index (Phi) is 6.23. The highest BCUT2D eigenvalue weighted by molar-refractivity contribution is 7.90. The van der Waals surface area contributed by atoms with E-state index in [1.54, 1.807) is 0 Å². The molecular weight excluding hydrogens is 224 g/mol. The molecule has 0 heterocycles. The Morgan fingerprint density at radius 1 is 1.12 bits per heavy atom. The van der Waals surface area contributed by atoms with Gasteiger partial charge < -0.3 is 0 Å². The van der Waals surface area contributed by atoms with Crippen molar-refractivity contribution in [2.75, 3.05) is 12.0 Å². The van der Waals surface area contributed by atoms with E-state index in [2.05, 4.69) is 13.8 Å².